The van der Waals surface area contributed by atoms with Crippen LogP contribution in [0.3, 0.4) is 0 Å². The van der Waals surface area contributed by atoms with Gasteiger partial charge in [-0.05, 0) is 45.6 Å². The van der Waals surface area contributed by atoms with E-state index >= 15 is 0 Å². The van der Waals surface area contributed by atoms with Crippen LogP contribution >= 0.6 is 0 Å². The van der Waals surface area contributed by atoms with Gasteiger partial charge in [-0.1, -0.05) is 12.8 Å². The first-order valence-corrected chi connectivity index (χ1v) is 6.35. The van der Waals surface area contributed by atoms with E-state index < -0.39 is 0 Å². The molecule has 1 rings (SSSR count). The first kappa shape index (κ1) is 13.5. The molecule has 0 bridgehead atoms. The number of aliphatic hydroxyl groups excluding tert-OH is 1. The monoisotopic (exact) mass is 224 g/mol. The second-order valence-electron chi connectivity index (χ2n) is 5.56. The molecule has 16 heavy (non-hydrogen) atoms. The molecule has 0 heterocycles. The van der Waals surface area contributed by atoms with Crippen molar-refractivity contribution in [1.82, 2.24) is 5.32 Å². The van der Waals surface area contributed by atoms with Crippen LogP contribution in [0.1, 0.15) is 46.0 Å². The summed E-state index contributed by atoms with van der Waals surface area (Å²) in [6, 6.07) is 2.30. The molecule has 0 aromatic heterocycles. The Morgan fingerprint density at radius 1 is 1.38 bits per heavy atom. The SMILES string of the molecule is CC(C)(C#N)CCNCC1CCCCC1O. The van der Waals surface area contributed by atoms with Gasteiger partial charge in [0.2, 0.25) is 0 Å². The van der Waals surface area contributed by atoms with Crippen LogP contribution in [-0.2, 0) is 0 Å². The Kier molecular flexibility index (Phi) is 5.24. The molecule has 0 spiro atoms. The summed E-state index contributed by atoms with van der Waals surface area (Å²) in [5, 5.41) is 22.0. The number of aliphatic hydroxyl groups is 1. The second kappa shape index (κ2) is 6.22. The van der Waals surface area contributed by atoms with E-state index in [1.165, 1.54) is 12.8 Å². The molecular weight excluding hydrogens is 200 g/mol. The highest BCUT2D eigenvalue weighted by Crippen LogP contribution is 2.23. The minimum absolute atomic E-state index is 0.120. The van der Waals surface area contributed by atoms with Crippen LogP contribution in [0.5, 0.6) is 0 Å². The average molecular weight is 224 g/mol. The second-order valence-corrected chi connectivity index (χ2v) is 5.56. The highest BCUT2D eigenvalue weighted by atomic mass is 16.3. The molecule has 1 fully saturated rings. The molecule has 92 valence electrons. The Morgan fingerprint density at radius 2 is 2.06 bits per heavy atom. The van der Waals surface area contributed by atoms with Crippen molar-refractivity contribution in [2.75, 3.05) is 13.1 Å². The molecule has 3 nitrogen and oxygen atoms in total. The lowest BCUT2D eigenvalue weighted by Gasteiger charge is -2.28. The maximum absolute atomic E-state index is 9.78. The Labute approximate surface area is 98.8 Å². The zero-order valence-electron chi connectivity index (χ0n) is 10.5. The maximum atomic E-state index is 9.78. The van der Waals surface area contributed by atoms with Gasteiger partial charge in [0.15, 0.2) is 0 Å². The Balaban J connectivity index is 2.13. The predicted molar refractivity (Wildman–Crippen MR) is 64.8 cm³/mol. The van der Waals surface area contributed by atoms with Crippen LogP contribution in [0.4, 0.5) is 0 Å². The topological polar surface area (TPSA) is 56.0 Å². The molecule has 0 aromatic carbocycles. The van der Waals surface area contributed by atoms with Crippen LogP contribution in [-0.4, -0.2) is 24.3 Å². The van der Waals surface area contributed by atoms with Crippen LogP contribution < -0.4 is 5.32 Å². The van der Waals surface area contributed by atoms with Gasteiger partial charge in [-0.25, -0.2) is 0 Å². The molecule has 2 N–H and O–H groups in total. The molecule has 0 aromatic rings. The highest BCUT2D eigenvalue weighted by Gasteiger charge is 2.22. The van der Waals surface area contributed by atoms with E-state index in [0.717, 1.165) is 32.4 Å². The molecule has 2 unspecified atom stereocenters. The minimum atomic E-state index is -0.238. The molecule has 1 aliphatic rings. The van der Waals surface area contributed by atoms with Crippen molar-refractivity contribution in [3.63, 3.8) is 0 Å². The number of nitrogens with one attached hydrogen (secondary N) is 1. The van der Waals surface area contributed by atoms with Crippen molar-refractivity contribution in [3.05, 3.63) is 0 Å². The summed E-state index contributed by atoms with van der Waals surface area (Å²) in [4.78, 5) is 0. The predicted octanol–water partition coefficient (Wildman–Crippen LogP) is 2.07. The summed E-state index contributed by atoms with van der Waals surface area (Å²) < 4.78 is 0. The average Bonchev–Trinajstić information content (AvgIpc) is 2.27. The van der Waals surface area contributed by atoms with Crippen LogP contribution in [0.2, 0.25) is 0 Å². The quantitative estimate of drug-likeness (QED) is 0.703. The van der Waals surface area contributed by atoms with Gasteiger partial charge in [0, 0.05) is 6.54 Å². The molecule has 0 saturated heterocycles. The fraction of sp³-hybridized carbons (Fsp3) is 0.923. The third-order valence-electron chi connectivity index (χ3n) is 3.50. The Bertz CT molecular complexity index is 245. The van der Waals surface area contributed by atoms with Gasteiger partial charge in [-0.2, -0.15) is 5.26 Å². The summed E-state index contributed by atoms with van der Waals surface area (Å²) in [7, 11) is 0. The molecule has 1 aliphatic carbocycles. The standard InChI is InChI=1S/C13H24N2O/c1-13(2,10-14)7-8-15-9-11-5-3-4-6-12(11)16/h11-12,15-16H,3-9H2,1-2H3. The van der Waals surface area contributed by atoms with Crippen LogP contribution in [0.15, 0.2) is 0 Å². The van der Waals surface area contributed by atoms with Crippen molar-refractivity contribution in [1.29, 1.82) is 5.26 Å². The third kappa shape index (κ3) is 4.51. The summed E-state index contributed by atoms with van der Waals surface area (Å²) in [6.07, 6.45) is 5.25. The zero-order valence-corrected chi connectivity index (χ0v) is 10.5. The van der Waals surface area contributed by atoms with Gasteiger partial charge in [0.25, 0.3) is 0 Å². The van der Waals surface area contributed by atoms with Gasteiger partial charge in [0.05, 0.1) is 17.6 Å². The van der Waals surface area contributed by atoms with Gasteiger partial charge >= 0.3 is 0 Å². The Hall–Kier alpha value is -0.590. The van der Waals surface area contributed by atoms with Gasteiger partial charge in [-0.3, -0.25) is 0 Å². The van der Waals surface area contributed by atoms with Crippen LogP contribution in [0.25, 0.3) is 0 Å². The normalized spacial score (nSPS) is 26.4. The van der Waals surface area contributed by atoms with E-state index in [2.05, 4.69) is 11.4 Å². The maximum Gasteiger partial charge on any atom is 0.0684 e. The first-order valence-electron chi connectivity index (χ1n) is 6.35. The molecule has 1 saturated carbocycles. The minimum Gasteiger partial charge on any atom is -0.393 e. The largest absolute Gasteiger partial charge is 0.393 e. The lowest BCUT2D eigenvalue weighted by atomic mass is 9.86. The number of nitriles is 1. The van der Waals surface area contributed by atoms with E-state index in [-0.39, 0.29) is 11.5 Å². The van der Waals surface area contributed by atoms with Crippen molar-refractivity contribution >= 4 is 0 Å². The molecule has 2 atom stereocenters. The number of hydrogen-bond donors (Lipinski definition) is 2. The van der Waals surface area contributed by atoms with Crippen molar-refractivity contribution in [3.8, 4) is 6.07 Å². The van der Waals surface area contributed by atoms with Crippen LogP contribution in [0, 0.1) is 22.7 Å². The fourth-order valence-corrected chi connectivity index (χ4v) is 2.17. The van der Waals surface area contributed by atoms with E-state index in [4.69, 9.17) is 5.26 Å². The summed E-state index contributed by atoms with van der Waals surface area (Å²) in [6.45, 7) is 5.68. The number of hydrogen-bond acceptors (Lipinski definition) is 3. The smallest absolute Gasteiger partial charge is 0.0684 e. The van der Waals surface area contributed by atoms with E-state index in [0.29, 0.717) is 5.92 Å². The summed E-state index contributed by atoms with van der Waals surface area (Å²) >= 11 is 0. The fourth-order valence-electron chi connectivity index (χ4n) is 2.17. The van der Waals surface area contributed by atoms with Gasteiger partial charge < -0.3 is 10.4 Å². The van der Waals surface area contributed by atoms with Gasteiger partial charge in [-0.15, -0.1) is 0 Å². The van der Waals surface area contributed by atoms with Crippen molar-refractivity contribution < 1.29 is 5.11 Å². The molecule has 3 heteroatoms. The molecular formula is C13H24N2O. The first-order chi connectivity index (χ1) is 7.55. The molecule has 0 aliphatic heterocycles. The Morgan fingerprint density at radius 3 is 2.69 bits per heavy atom. The lowest BCUT2D eigenvalue weighted by Crippen LogP contribution is -2.35. The third-order valence-corrected chi connectivity index (χ3v) is 3.50. The summed E-state index contributed by atoms with van der Waals surface area (Å²) in [5.74, 6) is 0.416. The number of nitrogens with zero attached hydrogens (tertiary/aromatic N) is 1. The number of rotatable bonds is 5. The van der Waals surface area contributed by atoms with E-state index in [9.17, 15) is 5.11 Å². The van der Waals surface area contributed by atoms with Crippen molar-refractivity contribution in [2.45, 2.75) is 52.1 Å². The van der Waals surface area contributed by atoms with E-state index in [1.54, 1.807) is 0 Å². The zero-order chi connectivity index (χ0) is 12.0. The summed E-state index contributed by atoms with van der Waals surface area (Å²) in [5.41, 5.74) is -0.238. The molecule has 0 radical (unpaired) electrons. The molecule has 0 amide bonds. The highest BCUT2D eigenvalue weighted by molar-refractivity contribution is 4.91. The lowest BCUT2D eigenvalue weighted by molar-refractivity contribution is 0.0695. The van der Waals surface area contributed by atoms with E-state index in [1.807, 2.05) is 13.8 Å². The van der Waals surface area contributed by atoms with Crippen molar-refractivity contribution in [2.24, 2.45) is 11.3 Å². The van der Waals surface area contributed by atoms with Gasteiger partial charge in [0.1, 0.15) is 0 Å².